The Morgan fingerprint density at radius 2 is 2.28 bits per heavy atom. The van der Waals surface area contributed by atoms with Crippen LogP contribution in [0.3, 0.4) is 0 Å². The average molecular weight is 248 g/mol. The van der Waals surface area contributed by atoms with E-state index in [1.54, 1.807) is 0 Å². The smallest absolute Gasteiger partial charge is 0.239 e. The summed E-state index contributed by atoms with van der Waals surface area (Å²) in [4.78, 5) is 13.9. The molecular formula is C14H20N2O2. The molecule has 18 heavy (non-hydrogen) atoms. The van der Waals surface area contributed by atoms with Gasteiger partial charge in [-0.15, -0.1) is 0 Å². The van der Waals surface area contributed by atoms with Gasteiger partial charge in [-0.3, -0.25) is 4.79 Å². The third-order valence-corrected chi connectivity index (χ3v) is 3.01. The van der Waals surface area contributed by atoms with Gasteiger partial charge < -0.3 is 15.0 Å². The van der Waals surface area contributed by atoms with E-state index in [-0.39, 0.29) is 5.91 Å². The molecule has 0 saturated heterocycles. The van der Waals surface area contributed by atoms with Crippen LogP contribution >= 0.6 is 0 Å². The summed E-state index contributed by atoms with van der Waals surface area (Å²) in [7, 11) is 0. The largest absolute Gasteiger partial charge is 0.490 e. The highest BCUT2D eigenvalue weighted by Crippen LogP contribution is 2.30. The minimum absolute atomic E-state index is 0.0835. The number of hydrogen-bond acceptors (Lipinski definition) is 3. The van der Waals surface area contributed by atoms with E-state index in [1.165, 1.54) is 0 Å². The average Bonchev–Trinajstić information content (AvgIpc) is 2.39. The van der Waals surface area contributed by atoms with Crippen LogP contribution in [0.25, 0.3) is 0 Å². The molecule has 0 fully saturated rings. The molecule has 98 valence electrons. The first-order valence-corrected chi connectivity index (χ1v) is 6.54. The maximum atomic E-state index is 11.8. The molecule has 0 aliphatic carbocycles. The van der Waals surface area contributed by atoms with Crippen molar-refractivity contribution >= 4 is 11.6 Å². The Morgan fingerprint density at radius 3 is 3.11 bits per heavy atom. The van der Waals surface area contributed by atoms with E-state index in [0.29, 0.717) is 13.2 Å². The fourth-order valence-corrected chi connectivity index (χ4v) is 2.02. The van der Waals surface area contributed by atoms with E-state index in [9.17, 15) is 4.79 Å². The maximum absolute atomic E-state index is 11.8. The Kier molecular flexibility index (Phi) is 4.45. The van der Waals surface area contributed by atoms with Crippen LogP contribution in [-0.4, -0.2) is 32.1 Å². The van der Waals surface area contributed by atoms with Gasteiger partial charge in [0.2, 0.25) is 5.91 Å². The summed E-state index contributed by atoms with van der Waals surface area (Å²) >= 11 is 0. The van der Waals surface area contributed by atoms with Crippen molar-refractivity contribution in [3.63, 3.8) is 0 Å². The van der Waals surface area contributed by atoms with E-state index >= 15 is 0 Å². The molecule has 0 radical (unpaired) electrons. The van der Waals surface area contributed by atoms with E-state index < -0.39 is 0 Å². The molecule has 4 heteroatoms. The van der Waals surface area contributed by atoms with Crippen molar-refractivity contribution in [1.29, 1.82) is 0 Å². The van der Waals surface area contributed by atoms with Gasteiger partial charge in [-0.05, 0) is 18.6 Å². The first kappa shape index (κ1) is 12.7. The second-order valence-corrected chi connectivity index (χ2v) is 4.44. The van der Waals surface area contributed by atoms with E-state index in [0.717, 1.165) is 37.4 Å². The topological polar surface area (TPSA) is 41.6 Å². The zero-order valence-electron chi connectivity index (χ0n) is 10.8. The summed E-state index contributed by atoms with van der Waals surface area (Å²) in [6.45, 7) is 4.69. The van der Waals surface area contributed by atoms with Gasteiger partial charge in [0, 0.05) is 6.54 Å². The molecule has 2 rings (SSSR count). The number of ether oxygens (including phenoxy) is 1. The molecule has 0 atom stereocenters. The van der Waals surface area contributed by atoms with Crippen LogP contribution in [0, 0.1) is 0 Å². The molecule has 1 aromatic rings. The zero-order chi connectivity index (χ0) is 12.8. The highest BCUT2D eigenvalue weighted by atomic mass is 16.5. The predicted octanol–water partition coefficient (Wildman–Crippen LogP) is 1.80. The number of benzene rings is 1. The lowest BCUT2D eigenvalue weighted by atomic mass is 10.2. The number of nitrogens with one attached hydrogen (secondary N) is 1. The van der Waals surface area contributed by atoms with E-state index in [2.05, 4.69) is 17.1 Å². The lowest BCUT2D eigenvalue weighted by Crippen LogP contribution is -2.41. The Morgan fingerprint density at radius 1 is 1.44 bits per heavy atom. The van der Waals surface area contributed by atoms with Gasteiger partial charge in [-0.25, -0.2) is 0 Å². The summed E-state index contributed by atoms with van der Waals surface area (Å²) in [5.74, 6) is 0.949. The van der Waals surface area contributed by atoms with Crippen molar-refractivity contribution in [3.05, 3.63) is 24.3 Å². The third-order valence-electron chi connectivity index (χ3n) is 3.01. The molecule has 0 spiro atoms. The number of para-hydroxylation sites is 2. The zero-order valence-corrected chi connectivity index (χ0v) is 10.8. The first-order chi connectivity index (χ1) is 8.81. The van der Waals surface area contributed by atoms with Crippen LogP contribution in [0.15, 0.2) is 24.3 Å². The van der Waals surface area contributed by atoms with Crippen molar-refractivity contribution in [1.82, 2.24) is 5.32 Å². The molecule has 1 aromatic carbocycles. The number of nitrogens with zero attached hydrogens (tertiary/aromatic N) is 1. The number of anilines is 1. The molecule has 0 aromatic heterocycles. The van der Waals surface area contributed by atoms with Crippen molar-refractivity contribution in [2.75, 3.05) is 31.1 Å². The third kappa shape index (κ3) is 3.15. The van der Waals surface area contributed by atoms with Gasteiger partial charge in [-0.1, -0.05) is 25.5 Å². The summed E-state index contributed by atoms with van der Waals surface area (Å²) < 4.78 is 5.56. The number of unbranched alkanes of at least 4 members (excludes halogenated alkanes) is 1. The van der Waals surface area contributed by atoms with Gasteiger partial charge >= 0.3 is 0 Å². The van der Waals surface area contributed by atoms with Crippen molar-refractivity contribution < 1.29 is 9.53 Å². The van der Waals surface area contributed by atoms with Crippen LogP contribution in [0.2, 0.25) is 0 Å². The Bertz CT molecular complexity index is 407. The number of hydrogen-bond donors (Lipinski definition) is 1. The van der Waals surface area contributed by atoms with Crippen LogP contribution < -0.4 is 15.0 Å². The fraction of sp³-hybridized carbons (Fsp3) is 0.500. The normalized spacial score (nSPS) is 13.7. The monoisotopic (exact) mass is 248 g/mol. The summed E-state index contributed by atoms with van der Waals surface area (Å²) in [5, 5.41) is 2.94. The SMILES string of the molecule is CCCCNC(=O)CN1CCOc2ccccc21. The van der Waals surface area contributed by atoms with Crippen LogP contribution in [0.1, 0.15) is 19.8 Å². The number of rotatable bonds is 5. The molecule has 1 amide bonds. The van der Waals surface area contributed by atoms with Gasteiger partial charge in [0.15, 0.2) is 0 Å². The lowest BCUT2D eigenvalue weighted by Gasteiger charge is -2.30. The van der Waals surface area contributed by atoms with E-state index in [4.69, 9.17) is 4.74 Å². The number of amides is 1. The van der Waals surface area contributed by atoms with Crippen LogP contribution in [0.4, 0.5) is 5.69 Å². The summed E-state index contributed by atoms with van der Waals surface area (Å²) in [6, 6.07) is 7.85. The minimum atomic E-state index is 0.0835. The Balaban J connectivity index is 1.92. The second-order valence-electron chi connectivity index (χ2n) is 4.44. The molecule has 1 aliphatic heterocycles. The number of fused-ring (bicyclic) bond motifs is 1. The van der Waals surface area contributed by atoms with Crippen molar-refractivity contribution in [2.24, 2.45) is 0 Å². The Labute approximate surface area is 108 Å². The van der Waals surface area contributed by atoms with Gasteiger partial charge in [0.25, 0.3) is 0 Å². The van der Waals surface area contributed by atoms with Crippen LogP contribution in [-0.2, 0) is 4.79 Å². The first-order valence-electron chi connectivity index (χ1n) is 6.54. The molecular weight excluding hydrogens is 228 g/mol. The summed E-state index contributed by atoms with van der Waals surface area (Å²) in [5.41, 5.74) is 1.01. The minimum Gasteiger partial charge on any atom is -0.490 e. The maximum Gasteiger partial charge on any atom is 0.239 e. The standard InChI is InChI=1S/C14H20N2O2/c1-2-3-8-15-14(17)11-16-9-10-18-13-7-5-4-6-12(13)16/h4-7H,2-3,8-11H2,1H3,(H,15,17). The van der Waals surface area contributed by atoms with Crippen molar-refractivity contribution in [2.45, 2.75) is 19.8 Å². The molecule has 0 unspecified atom stereocenters. The van der Waals surface area contributed by atoms with Gasteiger partial charge in [0.05, 0.1) is 18.8 Å². The van der Waals surface area contributed by atoms with Gasteiger partial charge in [-0.2, -0.15) is 0 Å². The molecule has 1 N–H and O–H groups in total. The lowest BCUT2D eigenvalue weighted by molar-refractivity contribution is -0.119. The quantitative estimate of drug-likeness (QED) is 0.808. The molecule has 0 saturated carbocycles. The van der Waals surface area contributed by atoms with Crippen molar-refractivity contribution in [3.8, 4) is 5.75 Å². The number of carbonyl (C=O) groups excluding carboxylic acids is 1. The molecule has 4 nitrogen and oxygen atoms in total. The molecule has 1 aliphatic rings. The molecule has 0 bridgehead atoms. The number of carbonyl (C=O) groups is 1. The highest BCUT2D eigenvalue weighted by Gasteiger charge is 2.19. The highest BCUT2D eigenvalue weighted by molar-refractivity contribution is 5.82. The summed E-state index contributed by atoms with van der Waals surface area (Å²) in [6.07, 6.45) is 2.13. The predicted molar refractivity (Wildman–Crippen MR) is 72.1 cm³/mol. The molecule has 1 heterocycles. The van der Waals surface area contributed by atoms with Gasteiger partial charge in [0.1, 0.15) is 12.4 Å². The van der Waals surface area contributed by atoms with E-state index in [1.807, 2.05) is 24.3 Å². The fourth-order valence-electron chi connectivity index (χ4n) is 2.02. The Hall–Kier alpha value is -1.71. The van der Waals surface area contributed by atoms with Crippen LogP contribution in [0.5, 0.6) is 5.75 Å². The second kappa shape index (κ2) is 6.28.